The molecule has 0 saturated carbocycles. The van der Waals surface area contributed by atoms with Gasteiger partial charge in [-0.2, -0.15) is 5.10 Å². The number of H-pyrrole nitrogens is 1. The fourth-order valence-corrected chi connectivity index (χ4v) is 3.60. The standard InChI is InChI=1S/C23H30N4O/c1-16(18-8-6-5-7-9-18)12-23(28)24-14-20(27(3)4)13-19-10-11-22-21(17(19)2)15-25-26-22/h5-11,15-16,20H,12-14H2,1-4H3,(H,24,28)(H,25,26)/t16-,20-/m0/s1. The molecular formula is C23H30N4O. The predicted molar refractivity (Wildman–Crippen MR) is 114 cm³/mol. The van der Waals surface area contributed by atoms with Crippen LogP contribution in [0.25, 0.3) is 10.9 Å². The van der Waals surface area contributed by atoms with Crippen LogP contribution in [-0.4, -0.2) is 47.7 Å². The normalized spacial score (nSPS) is 13.6. The smallest absolute Gasteiger partial charge is 0.220 e. The zero-order valence-corrected chi connectivity index (χ0v) is 17.2. The van der Waals surface area contributed by atoms with Crippen molar-refractivity contribution in [1.82, 2.24) is 20.4 Å². The summed E-state index contributed by atoms with van der Waals surface area (Å²) < 4.78 is 0. The van der Waals surface area contributed by atoms with Crippen LogP contribution in [0.15, 0.2) is 48.7 Å². The Kier molecular flexibility index (Phi) is 6.47. The zero-order chi connectivity index (χ0) is 20.1. The zero-order valence-electron chi connectivity index (χ0n) is 17.2. The molecule has 5 heteroatoms. The summed E-state index contributed by atoms with van der Waals surface area (Å²) in [6.45, 7) is 4.87. The molecule has 2 N–H and O–H groups in total. The predicted octanol–water partition coefficient (Wildman–Crippen LogP) is 3.65. The number of carbonyl (C=O) groups excluding carboxylic acids is 1. The summed E-state index contributed by atoms with van der Waals surface area (Å²) in [5.74, 6) is 0.315. The Morgan fingerprint density at radius 1 is 1.18 bits per heavy atom. The number of carbonyl (C=O) groups is 1. The number of nitrogens with zero attached hydrogens (tertiary/aromatic N) is 2. The maximum Gasteiger partial charge on any atom is 0.220 e. The highest BCUT2D eigenvalue weighted by atomic mass is 16.1. The summed E-state index contributed by atoms with van der Waals surface area (Å²) in [7, 11) is 4.13. The maximum absolute atomic E-state index is 12.5. The van der Waals surface area contributed by atoms with Crippen LogP contribution in [0.2, 0.25) is 0 Å². The molecule has 0 aliphatic carbocycles. The fraction of sp³-hybridized carbons (Fsp3) is 0.391. The molecule has 3 aromatic rings. The second kappa shape index (κ2) is 9.02. The van der Waals surface area contributed by atoms with E-state index in [2.05, 4.69) is 72.6 Å². The third-order valence-electron chi connectivity index (χ3n) is 5.59. The second-order valence-corrected chi connectivity index (χ2v) is 7.82. The van der Waals surface area contributed by atoms with Crippen LogP contribution in [0, 0.1) is 6.92 Å². The number of likely N-dealkylation sites (N-methyl/N-ethyl adjacent to an activating group) is 1. The molecule has 2 aromatic carbocycles. The van der Waals surface area contributed by atoms with Crippen LogP contribution >= 0.6 is 0 Å². The van der Waals surface area contributed by atoms with Crippen LogP contribution in [0.1, 0.15) is 36.0 Å². The van der Waals surface area contributed by atoms with Crippen molar-refractivity contribution >= 4 is 16.8 Å². The first-order chi connectivity index (χ1) is 13.5. The lowest BCUT2D eigenvalue weighted by atomic mass is 9.96. The molecule has 2 atom stereocenters. The Bertz CT molecular complexity index is 917. The second-order valence-electron chi connectivity index (χ2n) is 7.82. The average Bonchev–Trinajstić information content (AvgIpc) is 3.16. The van der Waals surface area contributed by atoms with Crippen molar-refractivity contribution in [2.45, 2.75) is 38.6 Å². The molecule has 3 rings (SSSR count). The van der Waals surface area contributed by atoms with Gasteiger partial charge in [-0.3, -0.25) is 9.89 Å². The minimum atomic E-state index is 0.102. The van der Waals surface area contributed by atoms with Crippen molar-refractivity contribution in [3.05, 3.63) is 65.4 Å². The monoisotopic (exact) mass is 378 g/mol. The maximum atomic E-state index is 12.5. The molecule has 1 amide bonds. The number of rotatable bonds is 8. The van der Waals surface area contributed by atoms with Gasteiger partial charge in [0.2, 0.25) is 5.91 Å². The van der Waals surface area contributed by atoms with Gasteiger partial charge in [-0.1, -0.05) is 43.3 Å². The van der Waals surface area contributed by atoms with Gasteiger partial charge in [0.15, 0.2) is 0 Å². The van der Waals surface area contributed by atoms with Gasteiger partial charge in [0.05, 0.1) is 11.7 Å². The van der Waals surface area contributed by atoms with E-state index in [-0.39, 0.29) is 17.9 Å². The van der Waals surface area contributed by atoms with Crippen molar-refractivity contribution in [3.8, 4) is 0 Å². The summed E-state index contributed by atoms with van der Waals surface area (Å²) in [5, 5.41) is 11.5. The molecule has 0 bridgehead atoms. The fourth-order valence-electron chi connectivity index (χ4n) is 3.60. The first kappa shape index (κ1) is 20.1. The largest absolute Gasteiger partial charge is 0.355 e. The first-order valence-electron chi connectivity index (χ1n) is 9.85. The highest BCUT2D eigenvalue weighted by molar-refractivity contribution is 5.82. The lowest BCUT2D eigenvalue weighted by Gasteiger charge is -2.26. The molecule has 1 aromatic heterocycles. The lowest BCUT2D eigenvalue weighted by Crippen LogP contribution is -2.42. The van der Waals surface area contributed by atoms with E-state index in [1.54, 1.807) is 0 Å². The molecule has 28 heavy (non-hydrogen) atoms. The molecule has 0 saturated heterocycles. The van der Waals surface area contributed by atoms with Gasteiger partial charge in [-0.05, 0) is 56.1 Å². The average molecular weight is 379 g/mol. The van der Waals surface area contributed by atoms with E-state index < -0.39 is 0 Å². The van der Waals surface area contributed by atoms with Crippen LogP contribution in [0.4, 0.5) is 0 Å². The Labute approximate surface area is 167 Å². The Morgan fingerprint density at radius 3 is 2.64 bits per heavy atom. The van der Waals surface area contributed by atoms with Crippen molar-refractivity contribution in [2.75, 3.05) is 20.6 Å². The molecule has 5 nitrogen and oxygen atoms in total. The van der Waals surface area contributed by atoms with Gasteiger partial charge >= 0.3 is 0 Å². The summed E-state index contributed by atoms with van der Waals surface area (Å²) in [5.41, 5.74) is 4.80. The van der Waals surface area contributed by atoms with Gasteiger partial charge in [0.1, 0.15) is 0 Å². The van der Waals surface area contributed by atoms with E-state index in [4.69, 9.17) is 0 Å². The Hall–Kier alpha value is -2.66. The topological polar surface area (TPSA) is 61.0 Å². The molecule has 0 unspecified atom stereocenters. The number of hydrogen-bond donors (Lipinski definition) is 2. The van der Waals surface area contributed by atoms with E-state index in [0.717, 1.165) is 17.3 Å². The molecule has 1 heterocycles. The lowest BCUT2D eigenvalue weighted by molar-refractivity contribution is -0.121. The number of amides is 1. The number of hydrogen-bond acceptors (Lipinski definition) is 3. The van der Waals surface area contributed by atoms with Crippen molar-refractivity contribution in [3.63, 3.8) is 0 Å². The van der Waals surface area contributed by atoms with E-state index in [9.17, 15) is 4.79 Å². The Balaban J connectivity index is 1.60. The van der Waals surface area contributed by atoms with Crippen molar-refractivity contribution in [1.29, 1.82) is 0 Å². The minimum Gasteiger partial charge on any atom is -0.355 e. The van der Waals surface area contributed by atoms with E-state index in [0.29, 0.717) is 13.0 Å². The summed E-state index contributed by atoms with van der Waals surface area (Å²) in [4.78, 5) is 14.7. The molecule has 0 aliphatic heterocycles. The first-order valence-corrected chi connectivity index (χ1v) is 9.85. The van der Waals surface area contributed by atoms with Crippen molar-refractivity contribution < 1.29 is 4.79 Å². The van der Waals surface area contributed by atoms with Crippen molar-refractivity contribution in [2.24, 2.45) is 0 Å². The summed E-state index contributed by atoms with van der Waals surface area (Å²) in [6.07, 6.45) is 3.27. The molecule has 0 spiro atoms. The van der Waals surface area contributed by atoms with Crippen LogP contribution in [0.5, 0.6) is 0 Å². The SMILES string of the molecule is Cc1c(C[C@@H](CNC(=O)C[C@H](C)c2ccccc2)N(C)C)ccc2[nH]ncc12. The van der Waals surface area contributed by atoms with E-state index in [1.165, 1.54) is 16.7 Å². The third-order valence-corrected chi connectivity index (χ3v) is 5.59. The minimum absolute atomic E-state index is 0.102. The van der Waals surface area contributed by atoms with Gasteiger partial charge in [-0.25, -0.2) is 0 Å². The molecular weight excluding hydrogens is 348 g/mol. The van der Waals surface area contributed by atoms with Gasteiger partial charge < -0.3 is 10.2 Å². The molecule has 148 valence electrons. The van der Waals surface area contributed by atoms with Crippen LogP contribution in [0.3, 0.4) is 0 Å². The highest BCUT2D eigenvalue weighted by Gasteiger charge is 2.17. The summed E-state index contributed by atoms with van der Waals surface area (Å²) >= 11 is 0. The highest BCUT2D eigenvalue weighted by Crippen LogP contribution is 2.22. The number of nitrogens with one attached hydrogen (secondary N) is 2. The van der Waals surface area contributed by atoms with Gasteiger partial charge in [0, 0.05) is 24.4 Å². The summed E-state index contributed by atoms with van der Waals surface area (Å²) in [6, 6.07) is 14.7. The van der Waals surface area contributed by atoms with Crippen LogP contribution in [-0.2, 0) is 11.2 Å². The van der Waals surface area contributed by atoms with Crippen LogP contribution < -0.4 is 5.32 Å². The Morgan fingerprint density at radius 2 is 1.93 bits per heavy atom. The number of aromatic nitrogens is 2. The molecule has 0 radical (unpaired) electrons. The third kappa shape index (κ3) is 4.78. The number of aromatic amines is 1. The number of benzene rings is 2. The van der Waals surface area contributed by atoms with Gasteiger partial charge in [-0.15, -0.1) is 0 Å². The molecule has 0 aliphatic rings. The van der Waals surface area contributed by atoms with E-state index >= 15 is 0 Å². The molecule has 0 fully saturated rings. The van der Waals surface area contributed by atoms with Gasteiger partial charge in [0.25, 0.3) is 0 Å². The number of fused-ring (bicyclic) bond motifs is 1. The van der Waals surface area contributed by atoms with E-state index in [1.807, 2.05) is 24.4 Å². The quantitative estimate of drug-likeness (QED) is 0.629. The number of aryl methyl sites for hydroxylation is 1.